The van der Waals surface area contributed by atoms with Crippen LogP contribution in [0.2, 0.25) is 0 Å². The lowest BCUT2D eigenvalue weighted by atomic mass is 10.1. The fraction of sp³-hybridized carbons (Fsp3) is 0.333. The van der Waals surface area contributed by atoms with E-state index in [1.807, 2.05) is 29.7 Å². The Morgan fingerprint density at radius 3 is 2.56 bits per heavy atom. The van der Waals surface area contributed by atoms with Gasteiger partial charge in [0, 0.05) is 27.1 Å². The molecule has 2 aromatic heterocycles. The minimum atomic E-state index is 0.434. The van der Waals surface area contributed by atoms with E-state index < -0.39 is 0 Å². The maximum atomic E-state index is 3.51. The largest absolute Gasteiger partial charge is 0.312 e. The average molecular weight is 316 g/mol. The van der Waals surface area contributed by atoms with Gasteiger partial charge in [-0.05, 0) is 54.2 Å². The molecule has 0 aliphatic heterocycles. The van der Waals surface area contributed by atoms with E-state index in [-0.39, 0.29) is 0 Å². The van der Waals surface area contributed by atoms with Gasteiger partial charge in [0.05, 0.1) is 3.79 Å². The standard InChI is InChI=1S/C12H14BrNS2/c1-8-3-5-11(15-8)10(14-2)7-9-4-6-12(13)16-9/h3-6,10,14H,7H2,1-2H3. The van der Waals surface area contributed by atoms with Gasteiger partial charge in [-0.2, -0.15) is 0 Å². The number of halogens is 1. The van der Waals surface area contributed by atoms with E-state index in [0.717, 1.165) is 6.42 Å². The van der Waals surface area contributed by atoms with Gasteiger partial charge in [-0.3, -0.25) is 0 Å². The Morgan fingerprint density at radius 2 is 2.06 bits per heavy atom. The molecule has 1 N–H and O–H groups in total. The first-order valence-electron chi connectivity index (χ1n) is 5.17. The van der Waals surface area contributed by atoms with E-state index in [0.29, 0.717) is 6.04 Å². The number of aryl methyl sites for hydroxylation is 1. The number of thiophene rings is 2. The van der Waals surface area contributed by atoms with Crippen LogP contribution in [0.1, 0.15) is 20.7 Å². The summed E-state index contributed by atoms with van der Waals surface area (Å²) in [5.41, 5.74) is 0. The molecule has 16 heavy (non-hydrogen) atoms. The van der Waals surface area contributed by atoms with Gasteiger partial charge >= 0.3 is 0 Å². The maximum absolute atomic E-state index is 3.51. The Balaban J connectivity index is 2.12. The van der Waals surface area contributed by atoms with Gasteiger partial charge < -0.3 is 5.32 Å². The van der Waals surface area contributed by atoms with Crippen LogP contribution in [0.5, 0.6) is 0 Å². The Kier molecular flexibility index (Phi) is 4.19. The van der Waals surface area contributed by atoms with Crippen molar-refractivity contribution in [2.45, 2.75) is 19.4 Å². The smallest absolute Gasteiger partial charge is 0.0701 e. The second-order valence-corrected chi connectivity index (χ2v) is 7.57. The van der Waals surface area contributed by atoms with E-state index in [1.54, 1.807) is 0 Å². The molecule has 1 nitrogen and oxygen atoms in total. The molecular weight excluding hydrogens is 302 g/mol. The summed E-state index contributed by atoms with van der Waals surface area (Å²) in [4.78, 5) is 4.21. The molecule has 1 atom stereocenters. The second kappa shape index (κ2) is 5.45. The van der Waals surface area contributed by atoms with Crippen molar-refractivity contribution >= 4 is 38.6 Å². The molecule has 4 heteroatoms. The summed E-state index contributed by atoms with van der Waals surface area (Å²) in [6.07, 6.45) is 1.06. The Hall–Kier alpha value is -0.160. The van der Waals surface area contributed by atoms with Gasteiger partial charge in [-0.1, -0.05) is 0 Å². The highest BCUT2D eigenvalue weighted by molar-refractivity contribution is 9.11. The van der Waals surface area contributed by atoms with Crippen LogP contribution in [0.15, 0.2) is 28.1 Å². The summed E-state index contributed by atoms with van der Waals surface area (Å²) in [7, 11) is 2.03. The molecule has 0 saturated heterocycles. The number of hydrogen-bond donors (Lipinski definition) is 1. The summed E-state index contributed by atoms with van der Waals surface area (Å²) < 4.78 is 1.21. The predicted molar refractivity (Wildman–Crippen MR) is 76.6 cm³/mol. The first kappa shape index (κ1) is 12.3. The van der Waals surface area contributed by atoms with Crippen LogP contribution in [0.3, 0.4) is 0 Å². The third-order valence-electron chi connectivity index (χ3n) is 2.49. The molecule has 0 aromatic carbocycles. The number of likely N-dealkylation sites (N-methyl/N-ethyl adjacent to an activating group) is 1. The van der Waals surface area contributed by atoms with Crippen LogP contribution in [-0.2, 0) is 6.42 Å². The van der Waals surface area contributed by atoms with Gasteiger partial charge in [0.1, 0.15) is 0 Å². The molecular formula is C12H14BrNS2. The lowest BCUT2D eigenvalue weighted by Gasteiger charge is -2.13. The Labute approximate surface area is 113 Å². The zero-order valence-corrected chi connectivity index (χ0v) is 12.5. The summed E-state index contributed by atoms with van der Waals surface area (Å²) >= 11 is 7.20. The highest BCUT2D eigenvalue weighted by Crippen LogP contribution is 2.29. The molecule has 0 fully saturated rings. The lowest BCUT2D eigenvalue weighted by molar-refractivity contribution is 0.607. The van der Waals surface area contributed by atoms with Crippen molar-refractivity contribution in [2.24, 2.45) is 0 Å². The molecule has 2 heterocycles. The molecule has 2 rings (SSSR count). The van der Waals surface area contributed by atoms with Gasteiger partial charge in [0.15, 0.2) is 0 Å². The number of hydrogen-bond acceptors (Lipinski definition) is 3. The third kappa shape index (κ3) is 2.94. The van der Waals surface area contributed by atoms with E-state index >= 15 is 0 Å². The van der Waals surface area contributed by atoms with Crippen molar-refractivity contribution in [1.29, 1.82) is 0 Å². The third-order valence-corrected chi connectivity index (χ3v) is 5.25. The highest BCUT2D eigenvalue weighted by atomic mass is 79.9. The summed E-state index contributed by atoms with van der Waals surface area (Å²) in [6.45, 7) is 2.16. The van der Waals surface area contributed by atoms with E-state index in [9.17, 15) is 0 Å². The maximum Gasteiger partial charge on any atom is 0.0701 e. The SMILES string of the molecule is CNC(Cc1ccc(Br)s1)c1ccc(C)s1. The summed E-state index contributed by atoms with van der Waals surface area (Å²) in [5, 5.41) is 3.39. The van der Waals surface area contributed by atoms with E-state index in [4.69, 9.17) is 0 Å². The van der Waals surface area contributed by atoms with Crippen molar-refractivity contribution in [2.75, 3.05) is 7.05 Å². The molecule has 2 aromatic rings. The summed E-state index contributed by atoms with van der Waals surface area (Å²) in [5.74, 6) is 0. The molecule has 0 amide bonds. The normalized spacial score (nSPS) is 12.9. The molecule has 0 aliphatic carbocycles. The van der Waals surface area contributed by atoms with Crippen molar-refractivity contribution in [3.63, 3.8) is 0 Å². The van der Waals surface area contributed by atoms with Crippen molar-refractivity contribution in [3.05, 3.63) is 42.7 Å². The number of rotatable bonds is 4. The minimum absolute atomic E-state index is 0.434. The lowest BCUT2D eigenvalue weighted by Crippen LogP contribution is -2.17. The predicted octanol–water partition coefficient (Wildman–Crippen LogP) is 4.38. The number of nitrogens with one attached hydrogen (secondary N) is 1. The zero-order valence-electron chi connectivity index (χ0n) is 9.29. The topological polar surface area (TPSA) is 12.0 Å². The van der Waals surface area contributed by atoms with Gasteiger partial charge in [0.2, 0.25) is 0 Å². The van der Waals surface area contributed by atoms with Crippen LogP contribution in [0.25, 0.3) is 0 Å². The second-order valence-electron chi connectivity index (χ2n) is 3.70. The van der Waals surface area contributed by atoms with Crippen LogP contribution in [-0.4, -0.2) is 7.05 Å². The minimum Gasteiger partial charge on any atom is -0.312 e. The highest BCUT2D eigenvalue weighted by Gasteiger charge is 2.12. The monoisotopic (exact) mass is 315 g/mol. The van der Waals surface area contributed by atoms with Crippen LogP contribution >= 0.6 is 38.6 Å². The Morgan fingerprint density at radius 1 is 1.25 bits per heavy atom. The first-order valence-corrected chi connectivity index (χ1v) is 7.59. The van der Waals surface area contributed by atoms with Gasteiger partial charge in [0.25, 0.3) is 0 Å². The molecule has 0 radical (unpaired) electrons. The fourth-order valence-electron chi connectivity index (χ4n) is 1.65. The van der Waals surface area contributed by atoms with Crippen molar-refractivity contribution in [1.82, 2.24) is 5.32 Å². The molecule has 0 saturated carbocycles. The van der Waals surface area contributed by atoms with Crippen LogP contribution < -0.4 is 5.32 Å². The van der Waals surface area contributed by atoms with Crippen LogP contribution in [0.4, 0.5) is 0 Å². The van der Waals surface area contributed by atoms with E-state index in [1.165, 1.54) is 18.4 Å². The molecule has 0 aliphatic rings. The molecule has 86 valence electrons. The molecule has 1 unspecified atom stereocenters. The van der Waals surface area contributed by atoms with Crippen molar-refractivity contribution in [3.8, 4) is 0 Å². The summed E-state index contributed by atoms with van der Waals surface area (Å²) in [6, 6.07) is 9.16. The Bertz CT molecular complexity index is 461. The van der Waals surface area contributed by atoms with Crippen molar-refractivity contribution < 1.29 is 0 Å². The quantitative estimate of drug-likeness (QED) is 0.882. The van der Waals surface area contributed by atoms with E-state index in [2.05, 4.69) is 52.4 Å². The van der Waals surface area contributed by atoms with Gasteiger partial charge in [-0.25, -0.2) is 0 Å². The average Bonchev–Trinajstić information content (AvgIpc) is 2.84. The van der Waals surface area contributed by atoms with Crippen LogP contribution in [0, 0.1) is 6.92 Å². The van der Waals surface area contributed by atoms with Gasteiger partial charge in [-0.15, -0.1) is 22.7 Å². The molecule has 0 spiro atoms. The zero-order chi connectivity index (χ0) is 11.5. The first-order chi connectivity index (χ1) is 7.69. The molecule has 0 bridgehead atoms. The fourth-order valence-corrected chi connectivity index (χ4v) is 4.16.